The number of hydrogen-bond acceptors (Lipinski definition) is 2. The van der Waals surface area contributed by atoms with Crippen molar-refractivity contribution in [3.8, 4) is 0 Å². The topological polar surface area (TPSA) is 41.1 Å². The van der Waals surface area contributed by atoms with Crippen molar-refractivity contribution in [1.82, 2.24) is 5.32 Å². The molecule has 0 fully saturated rings. The van der Waals surface area contributed by atoms with Crippen LogP contribution in [0.5, 0.6) is 0 Å². The molecule has 0 bridgehead atoms. The molecule has 1 atom stereocenters. The summed E-state index contributed by atoms with van der Waals surface area (Å²) in [6, 6.07) is 13.8. The van der Waals surface area contributed by atoms with Gasteiger partial charge in [0.05, 0.1) is 6.04 Å². The van der Waals surface area contributed by atoms with E-state index in [-0.39, 0.29) is 11.8 Å². The predicted molar refractivity (Wildman–Crippen MR) is 100 cm³/mol. The first-order valence-corrected chi connectivity index (χ1v) is 8.03. The van der Waals surface area contributed by atoms with Gasteiger partial charge in [0, 0.05) is 11.3 Å². The molecule has 23 heavy (non-hydrogen) atoms. The smallest absolute Gasteiger partial charge is 0.171 e. The second-order valence-electron chi connectivity index (χ2n) is 5.81. The van der Waals surface area contributed by atoms with Crippen LogP contribution in [0.3, 0.4) is 0 Å². The standard InChI is InChI=1S/C19H22N2OS/c1-12-5-6-13(2)18(11-12)14(3)20-19(23)21-17-9-7-16(8-10-17)15(4)22/h5-11,14H,1-4H3,(H2,20,21,23). The molecule has 2 rings (SSSR count). The van der Waals surface area contributed by atoms with Gasteiger partial charge in [-0.1, -0.05) is 23.8 Å². The normalized spacial score (nSPS) is 11.7. The van der Waals surface area contributed by atoms with E-state index in [9.17, 15) is 4.79 Å². The molecule has 4 heteroatoms. The minimum absolute atomic E-state index is 0.0563. The number of thiocarbonyl (C=S) groups is 1. The fourth-order valence-corrected chi connectivity index (χ4v) is 2.75. The van der Waals surface area contributed by atoms with Gasteiger partial charge < -0.3 is 10.6 Å². The molecule has 0 saturated heterocycles. The fourth-order valence-electron chi connectivity index (χ4n) is 2.46. The van der Waals surface area contributed by atoms with Gasteiger partial charge in [0.15, 0.2) is 10.9 Å². The molecule has 1 unspecified atom stereocenters. The van der Waals surface area contributed by atoms with E-state index in [0.717, 1.165) is 5.69 Å². The zero-order valence-electron chi connectivity index (χ0n) is 13.9. The van der Waals surface area contributed by atoms with Crippen LogP contribution >= 0.6 is 12.2 Å². The molecule has 0 aliphatic carbocycles. The zero-order valence-corrected chi connectivity index (χ0v) is 14.8. The molecule has 0 heterocycles. The highest BCUT2D eigenvalue weighted by Gasteiger charge is 2.10. The van der Waals surface area contributed by atoms with Crippen LogP contribution in [0, 0.1) is 13.8 Å². The van der Waals surface area contributed by atoms with E-state index >= 15 is 0 Å². The van der Waals surface area contributed by atoms with Crippen molar-refractivity contribution < 1.29 is 4.79 Å². The summed E-state index contributed by atoms with van der Waals surface area (Å²) in [7, 11) is 0. The molecule has 0 aromatic heterocycles. The molecule has 120 valence electrons. The number of hydrogen-bond donors (Lipinski definition) is 2. The summed E-state index contributed by atoms with van der Waals surface area (Å²) < 4.78 is 0. The van der Waals surface area contributed by atoms with E-state index in [1.165, 1.54) is 16.7 Å². The van der Waals surface area contributed by atoms with Gasteiger partial charge in [0.1, 0.15) is 0 Å². The minimum atomic E-state index is 0.0563. The summed E-state index contributed by atoms with van der Waals surface area (Å²) in [4.78, 5) is 11.3. The van der Waals surface area contributed by atoms with Gasteiger partial charge in [-0.15, -0.1) is 0 Å². The quantitative estimate of drug-likeness (QED) is 0.639. The average molecular weight is 326 g/mol. The third-order valence-corrected chi connectivity index (χ3v) is 4.02. The summed E-state index contributed by atoms with van der Waals surface area (Å²) in [5.74, 6) is 0.0563. The van der Waals surface area contributed by atoms with E-state index in [1.807, 2.05) is 12.1 Å². The maximum Gasteiger partial charge on any atom is 0.171 e. The Balaban J connectivity index is 2.01. The van der Waals surface area contributed by atoms with Crippen molar-refractivity contribution in [3.05, 3.63) is 64.7 Å². The lowest BCUT2D eigenvalue weighted by molar-refractivity contribution is 0.101. The number of anilines is 1. The second-order valence-corrected chi connectivity index (χ2v) is 6.22. The second kappa shape index (κ2) is 7.38. The van der Waals surface area contributed by atoms with Crippen molar-refractivity contribution in [3.63, 3.8) is 0 Å². The molecule has 0 saturated carbocycles. The van der Waals surface area contributed by atoms with E-state index in [4.69, 9.17) is 12.2 Å². The van der Waals surface area contributed by atoms with Gasteiger partial charge in [0.25, 0.3) is 0 Å². The van der Waals surface area contributed by atoms with Crippen LogP contribution in [0.1, 0.15) is 46.9 Å². The van der Waals surface area contributed by atoms with Crippen molar-refractivity contribution in [2.24, 2.45) is 0 Å². The van der Waals surface area contributed by atoms with Crippen LogP contribution < -0.4 is 10.6 Å². The molecule has 0 radical (unpaired) electrons. The highest BCUT2D eigenvalue weighted by Crippen LogP contribution is 2.19. The molecule has 2 aromatic carbocycles. The number of rotatable bonds is 4. The lowest BCUT2D eigenvalue weighted by Crippen LogP contribution is -2.31. The first-order chi connectivity index (χ1) is 10.9. The summed E-state index contributed by atoms with van der Waals surface area (Å²) in [5, 5.41) is 7.02. The molecular formula is C19H22N2OS. The van der Waals surface area contributed by atoms with Crippen LogP contribution in [0.4, 0.5) is 5.69 Å². The molecule has 0 aliphatic rings. The Morgan fingerprint density at radius 1 is 1.09 bits per heavy atom. The lowest BCUT2D eigenvalue weighted by atomic mass is 10.0. The molecule has 2 aromatic rings. The van der Waals surface area contributed by atoms with Gasteiger partial charge in [0.2, 0.25) is 0 Å². The number of carbonyl (C=O) groups excluding carboxylic acids is 1. The van der Waals surface area contributed by atoms with Crippen LogP contribution in [-0.4, -0.2) is 10.9 Å². The zero-order chi connectivity index (χ0) is 17.0. The SMILES string of the molecule is CC(=O)c1ccc(NC(=S)NC(C)c2cc(C)ccc2C)cc1. The summed E-state index contributed by atoms with van der Waals surface area (Å²) >= 11 is 5.38. The summed E-state index contributed by atoms with van der Waals surface area (Å²) in [6.07, 6.45) is 0. The number of ketones is 1. The monoisotopic (exact) mass is 326 g/mol. The number of nitrogens with one attached hydrogen (secondary N) is 2. The highest BCUT2D eigenvalue weighted by molar-refractivity contribution is 7.80. The fraction of sp³-hybridized carbons (Fsp3) is 0.263. The van der Waals surface area contributed by atoms with Gasteiger partial charge in [-0.3, -0.25) is 4.79 Å². The maximum absolute atomic E-state index is 11.3. The summed E-state index contributed by atoms with van der Waals surface area (Å²) in [5.41, 5.74) is 5.27. The van der Waals surface area contributed by atoms with Crippen LogP contribution in [-0.2, 0) is 0 Å². The Morgan fingerprint density at radius 3 is 2.35 bits per heavy atom. The van der Waals surface area contributed by atoms with E-state index in [2.05, 4.69) is 49.6 Å². The van der Waals surface area contributed by atoms with E-state index < -0.39 is 0 Å². The van der Waals surface area contributed by atoms with Crippen LogP contribution in [0.15, 0.2) is 42.5 Å². The Hall–Kier alpha value is -2.20. The largest absolute Gasteiger partial charge is 0.356 e. The van der Waals surface area contributed by atoms with Crippen molar-refractivity contribution >= 4 is 28.8 Å². The molecule has 2 N–H and O–H groups in total. The number of aryl methyl sites for hydroxylation is 2. The Labute approximate surface area is 143 Å². The number of Topliss-reactive ketones (excluding diaryl/α,β-unsaturated/α-hetero) is 1. The van der Waals surface area contributed by atoms with Crippen LogP contribution in [0.25, 0.3) is 0 Å². The molecule has 3 nitrogen and oxygen atoms in total. The average Bonchev–Trinajstić information content (AvgIpc) is 2.50. The van der Waals surface area contributed by atoms with Crippen molar-refractivity contribution in [2.75, 3.05) is 5.32 Å². The number of carbonyl (C=O) groups is 1. The molecule has 0 spiro atoms. The Bertz CT molecular complexity index is 723. The Morgan fingerprint density at radius 2 is 1.74 bits per heavy atom. The third-order valence-electron chi connectivity index (χ3n) is 3.80. The first kappa shape index (κ1) is 17.2. The highest BCUT2D eigenvalue weighted by atomic mass is 32.1. The first-order valence-electron chi connectivity index (χ1n) is 7.62. The van der Waals surface area contributed by atoms with Crippen molar-refractivity contribution in [2.45, 2.75) is 33.7 Å². The Kier molecular flexibility index (Phi) is 5.50. The van der Waals surface area contributed by atoms with E-state index in [0.29, 0.717) is 10.7 Å². The molecule has 0 amide bonds. The van der Waals surface area contributed by atoms with Gasteiger partial charge in [-0.2, -0.15) is 0 Å². The maximum atomic E-state index is 11.3. The van der Waals surface area contributed by atoms with Crippen LogP contribution in [0.2, 0.25) is 0 Å². The molecular weight excluding hydrogens is 304 g/mol. The minimum Gasteiger partial charge on any atom is -0.356 e. The molecule has 0 aliphatic heterocycles. The number of benzene rings is 2. The third kappa shape index (κ3) is 4.63. The summed E-state index contributed by atoms with van der Waals surface area (Å²) in [6.45, 7) is 7.84. The van der Waals surface area contributed by atoms with Gasteiger partial charge >= 0.3 is 0 Å². The van der Waals surface area contributed by atoms with Crippen molar-refractivity contribution in [1.29, 1.82) is 0 Å². The predicted octanol–water partition coefficient (Wildman–Crippen LogP) is 4.55. The van der Waals surface area contributed by atoms with Gasteiger partial charge in [-0.25, -0.2) is 0 Å². The van der Waals surface area contributed by atoms with E-state index in [1.54, 1.807) is 19.1 Å². The lowest BCUT2D eigenvalue weighted by Gasteiger charge is -2.19. The van der Waals surface area contributed by atoms with Gasteiger partial charge in [-0.05, 0) is 75.3 Å².